The first kappa shape index (κ1) is 17.5. The molecule has 0 atom stereocenters. The van der Waals surface area contributed by atoms with E-state index in [0.29, 0.717) is 17.7 Å². The van der Waals surface area contributed by atoms with Crippen molar-refractivity contribution in [3.05, 3.63) is 59.4 Å². The van der Waals surface area contributed by atoms with E-state index in [1.807, 2.05) is 32.9 Å². The minimum atomic E-state index is -0.393. The van der Waals surface area contributed by atoms with Gasteiger partial charge in [-0.05, 0) is 24.1 Å². The zero-order chi connectivity index (χ0) is 17.7. The van der Waals surface area contributed by atoms with Gasteiger partial charge in [0.05, 0.1) is 11.9 Å². The molecule has 0 fully saturated rings. The first-order valence-electron chi connectivity index (χ1n) is 7.64. The van der Waals surface area contributed by atoms with Crippen molar-refractivity contribution in [1.29, 1.82) is 0 Å². The van der Waals surface area contributed by atoms with Gasteiger partial charge in [-0.2, -0.15) is 10.2 Å². The van der Waals surface area contributed by atoms with Gasteiger partial charge in [0.2, 0.25) is 0 Å². The number of carbonyl (C=O) groups is 1. The van der Waals surface area contributed by atoms with Gasteiger partial charge in [-0.3, -0.25) is 9.89 Å². The highest BCUT2D eigenvalue weighted by molar-refractivity contribution is 5.93. The maximum Gasteiger partial charge on any atom is 0.289 e. The van der Waals surface area contributed by atoms with Gasteiger partial charge in [0.25, 0.3) is 5.91 Å². The lowest BCUT2D eigenvalue weighted by molar-refractivity contribution is 0.0950. The number of hydrogen-bond donors (Lipinski definition) is 3. The lowest BCUT2D eigenvalue weighted by Gasteiger charge is -2.13. The Labute approximate surface area is 141 Å². The smallest absolute Gasteiger partial charge is 0.289 e. The first-order chi connectivity index (χ1) is 11.3. The molecule has 3 N–H and O–H groups in total. The number of aromatic nitrogens is 2. The Morgan fingerprint density at radius 2 is 2.21 bits per heavy atom. The maximum atomic E-state index is 12.1. The first-order valence-corrected chi connectivity index (χ1v) is 7.64. The van der Waals surface area contributed by atoms with Crippen LogP contribution >= 0.6 is 0 Å². The highest BCUT2D eigenvalue weighted by Gasteiger charge is 2.19. The van der Waals surface area contributed by atoms with Crippen molar-refractivity contribution in [1.82, 2.24) is 15.6 Å². The van der Waals surface area contributed by atoms with E-state index in [9.17, 15) is 9.90 Å². The predicted octanol–water partition coefficient (Wildman–Crippen LogP) is 2.91. The van der Waals surface area contributed by atoms with E-state index in [4.69, 9.17) is 0 Å². The molecule has 0 aliphatic rings. The number of phenolic OH excluding ortho intramolecular Hbond substituents is 1. The second-order valence-corrected chi connectivity index (χ2v) is 6.46. The second-order valence-electron chi connectivity index (χ2n) is 6.46. The van der Waals surface area contributed by atoms with E-state index in [2.05, 4.69) is 27.3 Å². The Bertz CT molecular complexity index is 770. The molecule has 0 spiro atoms. The molecule has 0 unspecified atom stereocenters. The van der Waals surface area contributed by atoms with Gasteiger partial charge in [0.15, 0.2) is 0 Å². The van der Waals surface area contributed by atoms with Crippen LogP contribution < -0.4 is 5.43 Å². The van der Waals surface area contributed by atoms with Crippen molar-refractivity contribution in [3.63, 3.8) is 0 Å². The number of phenols is 1. The lowest BCUT2D eigenvalue weighted by Crippen LogP contribution is -2.18. The number of carbonyl (C=O) groups excluding carboxylic acids is 1. The fourth-order valence-electron chi connectivity index (χ4n) is 2.08. The van der Waals surface area contributed by atoms with Gasteiger partial charge in [-0.15, -0.1) is 6.58 Å². The van der Waals surface area contributed by atoms with Crippen LogP contribution in [0.3, 0.4) is 0 Å². The molecule has 24 heavy (non-hydrogen) atoms. The molecule has 2 rings (SSSR count). The number of hydrazone groups is 1. The molecule has 2 aromatic rings. The maximum absolute atomic E-state index is 12.1. The van der Waals surface area contributed by atoms with Gasteiger partial charge < -0.3 is 5.11 Å². The summed E-state index contributed by atoms with van der Waals surface area (Å²) in [7, 11) is 0. The molecule has 0 aliphatic heterocycles. The summed E-state index contributed by atoms with van der Waals surface area (Å²) in [6, 6.07) is 7.04. The normalized spacial score (nSPS) is 11.6. The van der Waals surface area contributed by atoms with Crippen LogP contribution in [0.4, 0.5) is 0 Å². The van der Waals surface area contributed by atoms with Crippen molar-refractivity contribution in [2.24, 2.45) is 5.10 Å². The number of amides is 1. The number of aromatic amines is 1. The fourth-order valence-corrected chi connectivity index (χ4v) is 2.08. The molecule has 0 saturated carbocycles. The number of H-pyrrole nitrogens is 1. The molecule has 6 heteroatoms. The molecule has 0 bridgehead atoms. The summed E-state index contributed by atoms with van der Waals surface area (Å²) in [5.74, 6) is -0.261. The fraction of sp³-hybridized carbons (Fsp3) is 0.278. The van der Waals surface area contributed by atoms with Crippen LogP contribution in [0.5, 0.6) is 5.75 Å². The second kappa shape index (κ2) is 7.12. The van der Waals surface area contributed by atoms with E-state index < -0.39 is 5.91 Å². The number of aromatic hydroxyl groups is 1. The van der Waals surface area contributed by atoms with Crippen LogP contribution in [0.2, 0.25) is 0 Å². The van der Waals surface area contributed by atoms with Crippen molar-refractivity contribution >= 4 is 12.1 Å². The molecular weight excluding hydrogens is 304 g/mol. The van der Waals surface area contributed by atoms with Crippen LogP contribution in [0.1, 0.15) is 48.1 Å². The number of para-hydroxylation sites is 1. The van der Waals surface area contributed by atoms with Gasteiger partial charge in [-0.1, -0.05) is 39.0 Å². The summed E-state index contributed by atoms with van der Waals surface area (Å²) in [4.78, 5) is 12.1. The number of rotatable bonds is 5. The standard InChI is InChI=1S/C18H22N4O2/c1-5-7-12-8-6-9-13(16(12)23)11-19-22-17(24)14-10-15(21-20-14)18(2,3)4/h5-6,8-11,23H,1,7H2,2-4H3,(H,20,21)(H,22,24)/b19-11+. The van der Waals surface area contributed by atoms with E-state index in [0.717, 1.165) is 11.3 Å². The minimum absolute atomic E-state index is 0.131. The topological polar surface area (TPSA) is 90.4 Å². The third-order valence-corrected chi connectivity index (χ3v) is 3.48. The molecule has 1 aromatic carbocycles. The average Bonchev–Trinajstić information content (AvgIpc) is 3.01. The van der Waals surface area contributed by atoms with Gasteiger partial charge >= 0.3 is 0 Å². The number of benzene rings is 1. The molecule has 6 nitrogen and oxygen atoms in total. The third-order valence-electron chi connectivity index (χ3n) is 3.48. The molecule has 1 amide bonds. The largest absolute Gasteiger partial charge is 0.507 e. The Morgan fingerprint density at radius 3 is 2.83 bits per heavy atom. The third kappa shape index (κ3) is 4.10. The number of allylic oxidation sites excluding steroid dienone is 1. The van der Waals surface area contributed by atoms with Gasteiger partial charge in [0.1, 0.15) is 11.4 Å². The van der Waals surface area contributed by atoms with Crippen molar-refractivity contribution in [2.45, 2.75) is 32.6 Å². The number of nitrogens with zero attached hydrogens (tertiary/aromatic N) is 2. The Hall–Kier alpha value is -2.89. The molecule has 1 heterocycles. The van der Waals surface area contributed by atoms with E-state index in [1.165, 1.54) is 6.21 Å². The average molecular weight is 326 g/mol. The summed E-state index contributed by atoms with van der Waals surface area (Å²) in [6.45, 7) is 9.70. The summed E-state index contributed by atoms with van der Waals surface area (Å²) in [5.41, 5.74) is 4.68. The van der Waals surface area contributed by atoms with Crippen molar-refractivity contribution < 1.29 is 9.90 Å². The minimum Gasteiger partial charge on any atom is -0.507 e. The zero-order valence-electron chi connectivity index (χ0n) is 14.1. The summed E-state index contributed by atoms with van der Waals surface area (Å²) >= 11 is 0. The van der Waals surface area contributed by atoms with E-state index >= 15 is 0 Å². The highest BCUT2D eigenvalue weighted by atomic mass is 16.3. The van der Waals surface area contributed by atoms with E-state index in [-0.39, 0.29) is 11.2 Å². The van der Waals surface area contributed by atoms with Gasteiger partial charge in [0, 0.05) is 11.0 Å². The van der Waals surface area contributed by atoms with Crippen molar-refractivity contribution in [3.8, 4) is 5.75 Å². The molecular formula is C18H22N4O2. The SMILES string of the molecule is C=CCc1cccc(/C=N/NC(=O)c2cc(C(C)(C)C)n[nH]2)c1O. The monoisotopic (exact) mass is 326 g/mol. The van der Waals surface area contributed by atoms with E-state index in [1.54, 1.807) is 18.2 Å². The quantitative estimate of drug-likeness (QED) is 0.448. The molecule has 0 saturated heterocycles. The molecule has 126 valence electrons. The summed E-state index contributed by atoms with van der Waals surface area (Å²) in [6.07, 6.45) is 3.67. The zero-order valence-corrected chi connectivity index (χ0v) is 14.1. The van der Waals surface area contributed by atoms with Crippen LogP contribution in [0, 0.1) is 0 Å². The van der Waals surface area contributed by atoms with Crippen LogP contribution in [-0.2, 0) is 11.8 Å². The Balaban J connectivity index is 2.06. The summed E-state index contributed by atoms with van der Waals surface area (Å²) in [5, 5.41) is 20.9. The summed E-state index contributed by atoms with van der Waals surface area (Å²) < 4.78 is 0. The van der Waals surface area contributed by atoms with Crippen LogP contribution in [0.25, 0.3) is 0 Å². The number of hydrogen-bond acceptors (Lipinski definition) is 4. The van der Waals surface area contributed by atoms with Crippen LogP contribution in [-0.4, -0.2) is 27.4 Å². The number of nitrogens with one attached hydrogen (secondary N) is 2. The Kier molecular flexibility index (Phi) is 5.18. The lowest BCUT2D eigenvalue weighted by atomic mass is 9.92. The predicted molar refractivity (Wildman–Crippen MR) is 94.4 cm³/mol. The van der Waals surface area contributed by atoms with Crippen LogP contribution in [0.15, 0.2) is 42.0 Å². The highest BCUT2D eigenvalue weighted by Crippen LogP contribution is 2.22. The van der Waals surface area contributed by atoms with Crippen molar-refractivity contribution in [2.75, 3.05) is 0 Å². The molecule has 0 radical (unpaired) electrons. The van der Waals surface area contributed by atoms with Gasteiger partial charge in [-0.25, -0.2) is 5.43 Å². The Morgan fingerprint density at radius 1 is 1.46 bits per heavy atom. The molecule has 1 aromatic heterocycles. The molecule has 0 aliphatic carbocycles.